The summed E-state index contributed by atoms with van der Waals surface area (Å²) in [4.78, 5) is 23.5. The smallest absolute Gasteiger partial charge is 0.328 e. The van der Waals surface area contributed by atoms with Crippen LogP contribution in [-0.2, 0) is 9.53 Å². The van der Waals surface area contributed by atoms with Gasteiger partial charge in [0.05, 0.1) is 7.11 Å². The first-order valence-electron chi connectivity index (χ1n) is 6.05. The number of benzene rings is 1. The summed E-state index contributed by atoms with van der Waals surface area (Å²) < 4.78 is 4.71. The Morgan fingerprint density at radius 3 is 2.21 bits per heavy atom. The zero-order valence-corrected chi connectivity index (χ0v) is 11.7. The van der Waals surface area contributed by atoms with E-state index in [1.165, 1.54) is 7.11 Å². The number of esters is 1. The van der Waals surface area contributed by atoms with Crippen LogP contribution in [0.15, 0.2) is 30.3 Å². The number of para-hydroxylation sites is 1. The molecule has 19 heavy (non-hydrogen) atoms. The standard InChI is InChI=1S/C14H20N2O3/c1-14(2,3)11(12(17)19-4)16-13(18)15-10-8-6-5-7-9-10/h5-9,11H,1-4H3,(H2,15,16,18). The lowest BCUT2D eigenvalue weighted by molar-refractivity contribution is -0.145. The Hall–Kier alpha value is -2.04. The van der Waals surface area contributed by atoms with E-state index < -0.39 is 23.5 Å². The molecule has 1 aromatic carbocycles. The average Bonchev–Trinajstić information content (AvgIpc) is 2.35. The third-order valence-corrected chi connectivity index (χ3v) is 2.61. The molecule has 1 aromatic rings. The van der Waals surface area contributed by atoms with Crippen LogP contribution in [0.3, 0.4) is 0 Å². The fraction of sp³-hybridized carbons (Fsp3) is 0.429. The Balaban J connectivity index is 2.70. The molecule has 0 aliphatic rings. The van der Waals surface area contributed by atoms with Gasteiger partial charge in [-0.3, -0.25) is 0 Å². The summed E-state index contributed by atoms with van der Waals surface area (Å²) in [5, 5.41) is 5.30. The number of urea groups is 1. The number of ether oxygens (including phenoxy) is 1. The predicted molar refractivity (Wildman–Crippen MR) is 73.9 cm³/mol. The van der Waals surface area contributed by atoms with Gasteiger partial charge in [-0.2, -0.15) is 0 Å². The molecular formula is C14H20N2O3. The first-order valence-corrected chi connectivity index (χ1v) is 6.05. The molecule has 0 heterocycles. The molecule has 0 aromatic heterocycles. The number of carbonyl (C=O) groups excluding carboxylic acids is 2. The van der Waals surface area contributed by atoms with Crippen molar-refractivity contribution in [2.24, 2.45) is 5.41 Å². The van der Waals surface area contributed by atoms with Gasteiger partial charge in [-0.05, 0) is 17.5 Å². The van der Waals surface area contributed by atoms with Gasteiger partial charge in [0.25, 0.3) is 0 Å². The quantitative estimate of drug-likeness (QED) is 0.824. The molecule has 2 N–H and O–H groups in total. The summed E-state index contributed by atoms with van der Waals surface area (Å²) in [7, 11) is 1.30. The number of anilines is 1. The first kappa shape index (κ1) is 15.0. The summed E-state index contributed by atoms with van der Waals surface area (Å²) in [6.45, 7) is 5.58. The predicted octanol–water partition coefficient (Wildman–Crippen LogP) is 2.40. The largest absolute Gasteiger partial charge is 0.467 e. The van der Waals surface area contributed by atoms with Gasteiger partial charge in [0.2, 0.25) is 0 Å². The van der Waals surface area contributed by atoms with E-state index in [0.29, 0.717) is 5.69 Å². The molecular weight excluding hydrogens is 244 g/mol. The Labute approximate surface area is 113 Å². The van der Waals surface area contributed by atoms with Gasteiger partial charge >= 0.3 is 12.0 Å². The van der Waals surface area contributed by atoms with Crippen molar-refractivity contribution in [3.63, 3.8) is 0 Å². The first-order chi connectivity index (χ1) is 8.84. The minimum absolute atomic E-state index is 0.429. The Bertz CT molecular complexity index is 438. The van der Waals surface area contributed by atoms with E-state index in [2.05, 4.69) is 10.6 Å². The summed E-state index contributed by atoms with van der Waals surface area (Å²) in [6.07, 6.45) is 0. The summed E-state index contributed by atoms with van der Waals surface area (Å²) in [5.41, 5.74) is 0.235. The van der Waals surface area contributed by atoms with Gasteiger partial charge < -0.3 is 15.4 Å². The highest BCUT2D eigenvalue weighted by Crippen LogP contribution is 2.20. The van der Waals surface area contributed by atoms with Crippen molar-refractivity contribution in [3.05, 3.63) is 30.3 Å². The maximum atomic E-state index is 11.9. The second kappa shape index (κ2) is 6.22. The van der Waals surface area contributed by atoms with E-state index in [1.54, 1.807) is 12.1 Å². The lowest BCUT2D eigenvalue weighted by atomic mass is 9.87. The number of methoxy groups -OCH3 is 1. The molecule has 5 heteroatoms. The Morgan fingerprint density at radius 2 is 1.74 bits per heavy atom. The van der Waals surface area contributed by atoms with Crippen LogP contribution >= 0.6 is 0 Å². The molecule has 0 saturated heterocycles. The zero-order valence-electron chi connectivity index (χ0n) is 11.7. The fourth-order valence-electron chi connectivity index (χ4n) is 1.57. The maximum absolute atomic E-state index is 11.9. The normalized spacial score (nSPS) is 12.4. The number of amides is 2. The van der Waals surface area contributed by atoms with Crippen LogP contribution in [0.5, 0.6) is 0 Å². The highest BCUT2D eigenvalue weighted by molar-refractivity contribution is 5.92. The van der Waals surface area contributed by atoms with Crippen LogP contribution < -0.4 is 10.6 Å². The highest BCUT2D eigenvalue weighted by Gasteiger charge is 2.33. The van der Waals surface area contributed by atoms with Crippen LogP contribution in [0.1, 0.15) is 20.8 Å². The minimum atomic E-state index is -0.707. The zero-order chi connectivity index (χ0) is 14.5. The van der Waals surface area contributed by atoms with Crippen LogP contribution in [0.25, 0.3) is 0 Å². The molecule has 2 amide bonds. The van der Waals surface area contributed by atoms with Gasteiger partial charge in [-0.1, -0.05) is 39.0 Å². The number of rotatable bonds is 3. The van der Waals surface area contributed by atoms with Crippen LogP contribution in [0.4, 0.5) is 10.5 Å². The second-order valence-corrected chi connectivity index (χ2v) is 5.29. The molecule has 0 aliphatic carbocycles. The van der Waals surface area contributed by atoms with Crippen molar-refractivity contribution in [2.45, 2.75) is 26.8 Å². The summed E-state index contributed by atoms with van der Waals surface area (Å²) in [5.74, 6) is -0.462. The van der Waals surface area contributed by atoms with E-state index in [4.69, 9.17) is 4.74 Å². The van der Waals surface area contributed by atoms with Gasteiger partial charge in [0.1, 0.15) is 6.04 Å². The van der Waals surface area contributed by atoms with Crippen molar-refractivity contribution in [2.75, 3.05) is 12.4 Å². The molecule has 0 fully saturated rings. The average molecular weight is 264 g/mol. The lowest BCUT2D eigenvalue weighted by Crippen LogP contribution is -2.50. The third kappa shape index (κ3) is 4.62. The molecule has 1 atom stereocenters. The number of nitrogens with one attached hydrogen (secondary N) is 2. The van der Waals surface area contributed by atoms with E-state index in [1.807, 2.05) is 39.0 Å². The molecule has 0 saturated carbocycles. The number of hydrogen-bond donors (Lipinski definition) is 2. The van der Waals surface area contributed by atoms with Crippen molar-refractivity contribution in [1.82, 2.24) is 5.32 Å². The topological polar surface area (TPSA) is 67.4 Å². The van der Waals surface area contributed by atoms with E-state index >= 15 is 0 Å². The maximum Gasteiger partial charge on any atom is 0.328 e. The monoisotopic (exact) mass is 264 g/mol. The van der Waals surface area contributed by atoms with Crippen LogP contribution in [0, 0.1) is 5.41 Å². The molecule has 0 spiro atoms. The Morgan fingerprint density at radius 1 is 1.16 bits per heavy atom. The van der Waals surface area contributed by atoms with Gasteiger partial charge in [-0.25, -0.2) is 9.59 Å². The molecule has 0 bridgehead atoms. The van der Waals surface area contributed by atoms with Crippen LogP contribution in [0.2, 0.25) is 0 Å². The molecule has 1 rings (SSSR count). The van der Waals surface area contributed by atoms with E-state index in [0.717, 1.165) is 0 Å². The van der Waals surface area contributed by atoms with E-state index in [9.17, 15) is 9.59 Å². The summed E-state index contributed by atoms with van der Waals surface area (Å²) in [6, 6.07) is 7.88. The number of carbonyl (C=O) groups is 2. The highest BCUT2D eigenvalue weighted by atomic mass is 16.5. The molecule has 1 unspecified atom stereocenters. The van der Waals surface area contributed by atoms with Crippen molar-refractivity contribution >= 4 is 17.7 Å². The van der Waals surface area contributed by atoms with Crippen molar-refractivity contribution < 1.29 is 14.3 Å². The van der Waals surface area contributed by atoms with Crippen LogP contribution in [-0.4, -0.2) is 25.2 Å². The SMILES string of the molecule is COC(=O)C(NC(=O)Nc1ccccc1)C(C)(C)C. The molecule has 104 valence electrons. The van der Waals surface area contributed by atoms with Crippen molar-refractivity contribution in [3.8, 4) is 0 Å². The molecule has 0 radical (unpaired) electrons. The lowest BCUT2D eigenvalue weighted by Gasteiger charge is -2.28. The fourth-order valence-corrected chi connectivity index (χ4v) is 1.57. The van der Waals surface area contributed by atoms with E-state index in [-0.39, 0.29) is 0 Å². The second-order valence-electron chi connectivity index (χ2n) is 5.29. The van der Waals surface area contributed by atoms with Gasteiger partial charge in [-0.15, -0.1) is 0 Å². The minimum Gasteiger partial charge on any atom is -0.467 e. The molecule has 0 aliphatic heterocycles. The Kier molecular flexibility index (Phi) is 4.92. The van der Waals surface area contributed by atoms with Crippen molar-refractivity contribution in [1.29, 1.82) is 0 Å². The summed E-state index contributed by atoms with van der Waals surface area (Å²) >= 11 is 0. The van der Waals surface area contributed by atoms with Gasteiger partial charge in [0.15, 0.2) is 0 Å². The third-order valence-electron chi connectivity index (χ3n) is 2.61. The number of hydrogen-bond acceptors (Lipinski definition) is 3. The van der Waals surface area contributed by atoms with Gasteiger partial charge in [0, 0.05) is 5.69 Å². The molecule has 5 nitrogen and oxygen atoms in total.